The number of benzene rings is 2. The summed E-state index contributed by atoms with van der Waals surface area (Å²) in [5.41, 5.74) is 3.49. The predicted molar refractivity (Wildman–Crippen MR) is 98.6 cm³/mol. The van der Waals surface area contributed by atoms with Crippen LogP contribution in [0.5, 0.6) is 5.75 Å². The fraction of sp³-hybridized carbons (Fsp3) is 0.350. The van der Waals surface area contributed by atoms with E-state index in [0.29, 0.717) is 17.2 Å². The van der Waals surface area contributed by atoms with E-state index in [1.807, 2.05) is 26.0 Å². The van der Waals surface area contributed by atoms with Crippen LogP contribution in [0.4, 0.5) is 0 Å². The average molecular weight is 346 g/mol. The maximum Gasteiger partial charge on any atom is 0.261 e. The summed E-state index contributed by atoms with van der Waals surface area (Å²) in [6, 6.07) is 13.3. The first kappa shape index (κ1) is 18.3. The van der Waals surface area contributed by atoms with Gasteiger partial charge in [0.15, 0.2) is 6.10 Å². The molecule has 2 unspecified atom stereocenters. The largest absolute Gasteiger partial charge is 0.479 e. The molecule has 0 radical (unpaired) electrons. The fourth-order valence-electron chi connectivity index (χ4n) is 2.71. The molecule has 24 heavy (non-hydrogen) atoms. The molecule has 2 rings (SSSR count). The molecule has 1 N–H and O–H groups in total. The van der Waals surface area contributed by atoms with Crippen molar-refractivity contribution in [2.45, 2.75) is 46.3 Å². The summed E-state index contributed by atoms with van der Waals surface area (Å²) in [7, 11) is 0. The molecule has 2 aromatic carbocycles. The minimum absolute atomic E-state index is 0.0815. The zero-order chi connectivity index (χ0) is 17.7. The third-order valence-corrected chi connectivity index (χ3v) is 4.33. The Labute approximate surface area is 149 Å². The number of hydrogen-bond acceptors (Lipinski definition) is 2. The van der Waals surface area contributed by atoms with Gasteiger partial charge in [0.25, 0.3) is 5.91 Å². The molecule has 1 amide bonds. The molecule has 4 heteroatoms. The van der Waals surface area contributed by atoms with Gasteiger partial charge in [-0.25, -0.2) is 0 Å². The second-order valence-electron chi connectivity index (χ2n) is 6.04. The highest BCUT2D eigenvalue weighted by Gasteiger charge is 2.22. The number of aryl methyl sites for hydroxylation is 2. The Hall–Kier alpha value is -2.00. The maximum atomic E-state index is 12.6. The van der Waals surface area contributed by atoms with Gasteiger partial charge in [-0.3, -0.25) is 4.79 Å². The van der Waals surface area contributed by atoms with Crippen LogP contribution in [0.25, 0.3) is 0 Å². The second kappa shape index (κ2) is 8.20. The molecule has 0 heterocycles. The molecule has 0 aliphatic heterocycles. The van der Waals surface area contributed by atoms with Gasteiger partial charge in [-0.15, -0.1) is 0 Å². The van der Waals surface area contributed by atoms with Gasteiger partial charge in [0.1, 0.15) is 5.75 Å². The van der Waals surface area contributed by atoms with E-state index in [4.69, 9.17) is 16.3 Å². The number of ether oxygens (including phenoxy) is 1. The van der Waals surface area contributed by atoms with Crippen LogP contribution in [0.15, 0.2) is 42.5 Å². The fourth-order valence-corrected chi connectivity index (χ4v) is 2.89. The Morgan fingerprint density at radius 3 is 2.54 bits per heavy atom. The Balaban J connectivity index is 2.07. The zero-order valence-corrected chi connectivity index (χ0v) is 15.4. The molecule has 128 valence electrons. The van der Waals surface area contributed by atoms with Crippen LogP contribution in [-0.4, -0.2) is 12.0 Å². The lowest BCUT2D eigenvalue weighted by atomic mass is 10.00. The predicted octanol–water partition coefficient (Wildman–Crippen LogP) is 4.99. The molecule has 2 atom stereocenters. The van der Waals surface area contributed by atoms with Crippen LogP contribution in [0, 0.1) is 13.8 Å². The molecule has 0 saturated carbocycles. The summed E-state index contributed by atoms with van der Waals surface area (Å²) in [4.78, 5) is 12.6. The SMILES string of the molecule is CCC(Oc1ccccc1Cl)C(=O)NC(C)c1ccc(C)cc1C. The maximum absolute atomic E-state index is 12.6. The Morgan fingerprint density at radius 1 is 1.21 bits per heavy atom. The topological polar surface area (TPSA) is 38.3 Å². The van der Waals surface area contributed by atoms with Crippen LogP contribution in [-0.2, 0) is 4.79 Å². The summed E-state index contributed by atoms with van der Waals surface area (Å²) in [6.07, 6.45) is -0.00507. The van der Waals surface area contributed by atoms with Crippen molar-refractivity contribution in [3.8, 4) is 5.75 Å². The number of amides is 1. The van der Waals surface area contributed by atoms with E-state index >= 15 is 0 Å². The molecule has 0 aliphatic carbocycles. The molecule has 3 nitrogen and oxygen atoms in total. The highest BCUT2D eigenvalue weighted by Crippen LogP contribution is 2.25. The highest BCUT2D eigenvalue weighted by atomic mass is 35.5. The van der Waals surface area contributed by atoms with Gasteiger partial charge in [0, 0.05) is 0 Å². The van der Waals surface area contributed by atoms with Gasteiger partial charge in [-0.2, -0.15) is 0 Å². The van der Waals surface area contributed by atoms with E-state index in [1.165, 1.54) is 11.1 Å². The smallest absolute Gasteiger partial charge is 0.261 e. The number of hydrogen-bond donors (Lipinski definition) is 1. The monoisotopic (exact) mass is 345 g/mol. The first-order chi connectivity index (χ1) is 11.4. The zero-order valence-electron chi connectivity index (χ0n) is 14.6. The van der Waals surface area contributed by atoms with E-state index in [0.717, 1.165) is 5.56 Å². The number of halogens is 1. The lowest BCUT2D eigenvalue weighted by Crippen LogP contribution is -2.39. The second-order valence-corrected chi connectivity index (χ2v) is 6.44. The van der Waals surface area contributed by atoms with Gasteiger partial charge in [0.2, 0.25) is 0 Å². The molecule has 2 aromatic rings. The van der Waals surface area contributed by atoms with Crippen LogP contribution >= 0.6 is 11.6 Å². The number of rotatable bonds is 6. The van der Waals surface area contributed by atoms with Crippen molar-refractivity contribution in [3.05, 3.63) is 64.2 Å². The summed E-state index contributed by atoms with van der Waals surface area (Å²) in [5.74, 6) is 0.394. The number of nitrogens with one attached hydrogen (secondary N) is 1. The minimum Gasteiger partial charge on any atom is -0.479 e. The number of carbonyl (C=O) groups excluding carboxylic acids is 1. The number of carbonyl (C=O) groups is 1. The highest BCUT2D eigenvalue weighted by molar-refractivity contribution is 6.32. The van der Waals surface area contributed by atoms with E-state index in [-0.39, 0.29) is 11.9 Å². The third-order valence-electron chi connectivity index (χ3n) is 4.02. The van der Waals surface area contributed by atoms with Crippen molar-refractivity contribution in [3.63, 3.8) is 0 Å². The van der Waals surface area contributed by atoms with Crippen molar-refractivity contribution in [1.82, 2.24) is 5.32 Å². The normalized spacial score (nSPS) is 13.2. The van der Waals surface area contributed by atoms with Crippen LogP contribution in [0.2, 0.25) is 5.02 Å². The average Bonchev–Trinajstić information content (AvgIpc) is 2.53. The summed E-state index contributed by atoms with van der Waals surface area (Å²) < 4.78 is 5.80. The van der Waals surface area contributed by atoms with E-state index in [9.17, 15) is 4.79 Å². The van der Waals surface area contributed by atoms with E-state index in [2.05, 4.69) is 37.4 Å². The third kappa shape index (κ3) is 4.51. The first-order valence-corrected chi connectivity index (χ1v) is 8.59. The van der Waals surface area contributed by atoms with E-state index < -0.39 is 6.10 Å². The van der Waals surface area contributed by atoms with Crippen LogP contribution in [0.3, 0.4) is 0 Å². The molecule has 0 spiro atoms. The molecular formula is C20H24ClNO2. The van der Waals surface area contributed by atoms with E-state index in [1.54, 1.807) is 12.1 Å². The summed E-state index contributed by atoms with van der Waals surface area (Å²) in [5, 5.41) is 3.55. The molecule has 0 bridgehead atoms. The van der Waals surface area contributed by atoms with Crippen molar-refractivity contribution in [2.75, 3.05) is 0 Å². The minimum atomic E-state index is -0.571. The van der Waals surface area contributed by atoms with Gasteiger partial charge >= 0.3 is 0 Å². The van der Waals surface area contributed by atoms with Crippen LogP contribution < -0.4 is 10.1 Å². The van der Waals surface area contributed by atoms with Gasteiger partial charge in [-0.1, -0.05) is 54.4 Å². The van der Waals surface area contributed by atoms with Gasteiger partial charge in [0.05, 0.1) is 11.1 Å². The van der Waals surface area contributed by atoms with Crippen molar-refractivity contribution < 1.29 is 9.53 Å². The quantitative estimate of drug-likeness (QED) is 0.800. The van der Waals surface area contributed by atoms with Crippen molar-refractivity contribution >= 4 is 17.5 Å². The number of para-hydroxylation sites is 1. The molecular weight excluding hydrogens is 322 g/mol. The summed E-state index contributed by atoms with van der Waals surface area (Å²) in [6.45, 7) is 8.02. The lowest BCUT2D eigenvalue weighted by molar-refractivity contribution is -0.128. The van der Waals surface area contributed by atoms with Crippen LogP contribution in [0.1, 0.15) is 43.0 Å². The summed E-state index contributed by atoms with van der Waals surface area (Å²) >= 11 is 6.11. The first-order valence-electron chi connectivity index (χ1n) is 8.21. The van der Waals surface area contributed by atoms with Crippen molar-refractivity contribution in [1.29, 1.82) is 0 Å². The Kier molecular flexibility index (Phi) is 6.27. The molecule has 0 saturated heterocycles. The van der Waals surface area contributed by atoms with Gasteiger partial charge < -0.3 is 10.1 Å². The lowest BCUT2D eigenvalue weighted by Gasteiger charge is -2.22. The molecule has 0 fully saturated rings. The Bertz CT molecular complexity index is 715. The standard InChI is InChI=1S/C20H24ClNO2/c1-5-18(24-19-9-7-6-8-17(19)21)20(23)22-15(4)16-11-10-13(2)12-14(16)3/h6-12,15,18H,5H2,1-4H3,(H,22,23). The van der Waals surface area contributed by atoms with Gasteiger partial charge in [-0.05, 0) is 50.5 Å². The Morgan fingerprint density at radius 2 is 1.92 bits per heavy atom. The molecule has 0 aromatic heterocycles. The molecule has 0 aliphatic rings. The van der Waals surface area contributed by atoms with Crippen molar-refractivity contribution in [2.24, 2.45) is 0 Å².